The quantitative estimate of drug-likeness (QED) is 0.756. The number of benzene rings is 1. The van der Waals surface area contributed by atoms with Crippen molar-refractivity contribution >= 4 is 39.9 Å². The number of nitrogens with one attached hydrogen (secondary N) is 1. The van der Waals surface area contributed by atoms with Crippen LogP contribution in [-0.4, -0.2) is 30.1 Å². The minimum Gasteiger partial charge on any atom is -0.484 e. The van der Waals surface area contributed by atoms with E-state index in [0.717, 1.165) is 6.07 Å². The summed E-state index contributed by atoms with van der Waals surface area (Å²) in [6, 6.07) is 3.80. The Bertz CT molecular complexity index is 738. The molecule has 0 aliphatic rings. The number of nitrogens with zero attached hydrogens (tertiary/aromatic N) is 1. The van der Waals surface area contributed by atoms with Gasteiger partial charge in [-0.3, -0.25) is 14.9 Å². The highest BCUT2D eigenvalue weighted by atomic mass is 35.5. The lowest BCUT2D eigenvalue weighted by Crippen LogP contribution is -2.20. The van der Waals surface area contributed by atoms with Gasteiger partial charge in [-0.15, -0.1) is 11.3 Å². The summed E-state index contributed by atoms with van der Waals surface area (Å²) in [7, 11) is 0. The molecule has 2 rings (SSSR count). The van der Waals surface area contributed by atoms with Gasteiger partial charge in [-0.2, -0.15) is 0 Å². The number of ether oxygens (including phenoxy) is 2. The molecule has 0 fully saturated rings. The van der Waals surface area contributed by atoms with Gasteiger partial charge >= 0.3 is 5.97 Å². The van der Waals surface area contributed by atoms with Crippen molar-refractivity contribution in [1.82, 2.24) is 4.98 Å². The van der Waals surface area contributed by atoms with Crippen LogP contribution in [0.4, 0.5) is 9.52 Å². The van der Waals surface area contributed by atoms with Crippen LogP contribution in [0, 0.1) is 5.82 Å². The summed E-state index contributed by atoms with van der Waals surface area (Å²) < 4.78 is 23.1. The summed E-state index contributed by atoms with van der Waals surface area (Å²) in [6.07, 6.45) is 0.0464. The smallest absolute Gasteiger partial charge is 0.311 e. The summed E-state index contributed by atoms with van der Waals surface area (Å²) in [5.74, 6) is -1.10. The highest BCUT2D eigenvalue weighted by Gasteiger charge is 2.11. The Balaban J connectivity index is 1.83. The van der Waals surface area contributed by atoms with Crippen LogP contribution in [-0.2, 0) is 20.7 Å². The molecule has 0 unspecified atom stereocenters. The second-order valence-corrected chi connectivity index (χ2v) is 5.80. The maximum absolute atomic E-state index is 13.0. The van der Waals surface area contributed by atoms with Crippen molar-refractivity contribution in [2.24, 2.45) is 0 Å². The normalized spacial score (nSPS) is 10.3. The van der Waals surface area contributed by atoms with Gasteiger partial charge in [0.2, 0.25) is 0 Å². The lowest BCUT2D eigenvalue weighted by Gasteiger charge is -2.06. The van der Waals surface area contributed by atoms with Crippen LogP contribution < -0.4 is 10.1 Å². The summed E-state index contributed by atoms with van der Waals surface area (Å²) in [5, 5.41) is 4.47. The average molecular weight is 373 g/mol. The molecule has 0 aliphatic carbocycles. The molecule has 0 bridgehead atoms. The number of esters is 1. The second-order valence-electron chi connectivity index (χ2n) is 4.54. The van der Waals surface area contributed by atoms with E-state index in [1.54, 1.807) is 12.3 Å². The number of anilines is 1. The van der Waals surface area contributed by atoms with Gasteiger partial charge in [-0.1, -0.05) is 11.6 Å². The number of amides is 1. The summed E-state index contributed by atoms with van der Waals surface area (Å²) >= 11 is 6.81. The molecule has 128 valence electrons. The Kier molecular flexibility index (Phi) is 6.51. The third-order valence-electron chi connectivity index (χ3n) is 2.69. The molecule has 0 saturated heterocycles. The molecule has 0 aliphatic heterocycles. The van der Waals surface area contributed by atoms with E-state index in [0.29, 0.717) is 17.4 Å². The lowest BCUT2D eigenvalue weighted by molar-refractivity contribution is -0.142. The number of thiazole rings is 1. The number of aromatic nitrogens is 1. The molecular weight excluding hydrogens is 359 g/mol. The molecule has 1 aromatic carbocycles. The van der Waals surface area contributed by atoms with Crippen LogP contribution in [0.3, 0.4) is 0 Å². The predicted octanol–water partition coefficient (Wildman–Crippen LogP) is 3.06. The minimum atomic E-state index is -0.564. The van der Waals surface area contributed by atoms with Crippen LogP contribution in [0.15, 0.2) is 23.6 Å². The van der Waals surface area contributed by atoms with Crippen LogP contribution >= 0.6 is 22.9 Å². The fourth-order valence-corrected chi connectivity index (χ4v) is 2.57. The molecule has 1 heterocycles. The van der Waals surface area contributed by atoms with Crippen molar-refractivity contribution in [2.75, 3.05) is 18.5 Å². The summed E-state index contributed by atoms with van der Waals surface area (Å²) in [6.45, 7) is 1.74. The first-order valence-electron chi connectivity index (χ1n) is 6.95. The molecule has 0 spiro atoms. The van der Waals surface area contributed by atoms with Gasteiger partial charge in [0.1, 0.15) is 11.6 Å². The zero-order valence-electron chi connectivity index (χ0n) is 12.7. The number of hydrogen-bond donors (Lipinski definition) is 1. The van der Waals surface area contributed by atoms with E-state index in [1.807, 2.05) is 0 Å². The van der Waals surface area contributed by atoms with E-state index in [4.69, 9.17) is 21.1 Å². The average Bonchev–Trinajstić information content (AvgIpc) is 2.95. The molecule has 2 aromatic rings. The number of halogens is 2. The van der Waals surface area contributed by atoms with Crippen LogP contribution in [0.25, 0.3) is 0 Å². The van der Waals surface area contributed by atoms with E-state index in [-0.39, 0.29) is 29.8 Å². The zero-order valence-corrected chi connectivity index (χ0v) is 14.2. The van der Waals surface area contributed by atoms with Crippen molar-refractivity contribution < 1.29 is 23.5 Å². The standard InChI is InChI=1S/C15H14ClFN2O4S/c1-2-22-14(21)5-9-8-24-15(18-9)19-13(20)7-23-10-3-4-12(17)11(16)6-10/h3-4,6,8H,2,5,7H2,1H3,(H,18,19,20). The molecule has 9 heteroatoms. The van der Waals surface area contributed by atoms with Gasteiger partial charge in [0.05, 0.1) is 23.7 Å². The monoisotopic (exact) mass is 372 g/mol. The van der Waals surface area contributed by atoms with E-state index in [9.17, 15) is 14.0 Å². The molecular formula is C15H14ClFN2O4S. The van der Waals surface area contributed by atoms with Crippen molar-refractivity contribution in [3.8, 4) is 5.75 Å². The topological polar surface area (TPSA) is 77.5 Å². The fraction of sp³-hybridized carbons (Fsp3) is 0.267. The van der Waals surface area contributed by atoms with Crippen LogP contribution in [0.2, 0.25) is 5.02 Å². The van der Waals surface area contributed by atoms with Crippen molar-refractivity contribution in [2.45, 2.75) is 13.3 Å². The molecule has 0 radical (unpaired) electrons. The first-order valence-corrected chi connectivity index (χ1v) is 8.21. The summed E-state index contributed by atoms with van der Waals surface area (Å²) in [5.41, 5.74) is 0.514. The third kappa shape index (κ3) is 5.47. The van der Waals surface area contributed by atoms with Crippen molar-refractivity contribution in [3.63, 3.8) is 0 Å². The van der Waals surface area contributed by atoms with Gasteiger partial charge in [-0.25, -0.2) is 9.37 Å². The number of rotatable bonds is 7. The Labute approximate surface area is 146 Å². The van der Waals surface area contributed by atoms with Crippen LogP contribution in [0.1, 0.15) is 12.6 Å². The maximum Gasteiger partial charge on any atom is 0.311 e. The first-order chi connectivity index (χ1) is 11.5. The summed E-state index contributed by atoms with van der Waals surface area (Å²) in [4.78, 5) is 27.3. The fourth-order valence-electron chi connectivity index (χ4n) is 1.68. The molecule has 1 amide bonds. The predicted molar refractivity (Wildman–Crippen MR) is 88.0 cm³/mol. The number of carbonyl (C=O) groups excluding carboxylic acids is 2. The minimum absolute atomic E-state index is 0.0464. The molecule has 0 atom stereocenters. The largest absolute Gasteiger partial charge is 0.484 e. The molecule has 1 aromatic heterocycles. The molecule has 1 N–H and O–H groups in total. The second kappa shape index (κ2) is 8.60. The highest BCUT2D eigenvalue weighted by Crippen LogP contribution is 2.21. The molecule has 6 nitrogen and oxygen atoms in total. The number of hydrogen-bond acceptors (Lipinski definition) is 6. The first kappa shape index (κ1) is 18.2. The number of carbonyl (C=O) groups is 2. The van der Waals surface area contributed by atoms with Gasteiger partial charge in [0.25, 0.3) is 5.91 Å². The maximum atomic E-state index is 13.0. The Morgan fingerprint density at radius 2 is 2.21 bits per heavy atom. The van der Waals surface area contributed by atoms with Crippen molar-refractivity contribution in [3.05, 3.63) is 40.1 Å². The van der Waals surface area contributed by atoms with Crippen molar-refractivity contribution in [1.29, 1.82) is 0 Å². The SMILES string of the molecule is CCOC(=O)Cc1csc(NC(=O)COc2ccc(F)c(Cl)c2)n1. The van der Waals surface area contributed by atoms with Gasteiger partial charge < -0.3 is 9.47 Å². The Morgan fingerprint density at radius 3 is 2.92 bits per heavy atom. The molecule has 0 saturated carbocycles. The van der Waals surface area contributed by atoms with Gasteiger partial charge in [0, 0.05) is 11.4 Å². The van der Waals surface area contributed by atoms with E-state index in [1.165, 1.54) is 23.5 Å². The van der Waals surface area contributed by atoms with E-state index in [2.05, 4.69) is 10.3 Å². The van der Waals surface area contributed by atoms with Gasteiger partial charge in [0.15, 0.2) is 11.7 Å². The lowest BCUT2D eigenvalue weighted by atomic mass is 10.3. The zero-order chi connectivity index (χ0) is 17.5. The third-order valence-corrected chi connectivity index (χ3v) is 3.79. The van der Waals surface area contributed by atoms with E-state index < -0.39 is 11.7 Å². The molecule has 24 heavy (non-hydrogen) atoms. The Morgan fingerprint density at radius 1 is 1.42 bits per heavy atom. The van der Waals surface area contributed by atoms with E-state index >= 15 is 0 Å². The highest BCUT2D eigenvalue weighted by molar-refractivity contribution is 7.13. The Hall–Kier alpha value is -2.19. The van der Waals surface area contributed by atoms with Crippen LogP contribution in [0.5, 0.6) is 5.75 Å². The van der Waals surface area contributed by atoms with Gasteiger partial charge in [-0.05, 0) is 19.1 Å².